The van der Waals surface area contributed by atoms with Crippen LogP contribution in [0.4, 0.5) is 4.79 Å². The standard InChI is InChI=1S/C18H24N4O3/c1-18(2,3)24-17(23)22-14-6-8-16(9-7-14)25-21-12-15-5-4-13(10-19)11-20-15/h4-5,11-12,14,16H,6-9H2,1-3H3,(H,22,23). The highest BCUT2D eigenvalue weighted by atomic mass is 16.6. The molecule has 1 aromatic rings. The molecule has 1 aliphatic carbocycles. The molecule has 2 rings (SSSR count). The van der Waals surface area contributed by atoms with Crippen molar-refractivity contribution in [3.8, 4) is 6.07 Å². The van der Waals surface area contributed by atoms with E-state index in [9.17, 15) is 4.79 Å². The summed E-state index contributed by atoms with van der Waals surface area (Å²) >= 11 is 0. The van der Waals surface area contributed by atoms with Crippen molar-refractivity contribution in [2.24, 2.45) is 5.16 Å². The molecule has 1 saturated carbocycles. The van der Waals surface area contributed by atoms with Gasteiger partial charge >= 0.3 is 6.09 Å². The molecule has 0 saturated heterocycles. The van der Waals surface area contributed by atoms with Crippen molar-refractivity contribution >= 4 is 12.3 Å². The van der Waals surface area contributed by atoms with Crippen molar-refractivity contribution in [1.82, 2.24) is 10.3 Å². The second kappa shape index (κ2) is 8.47. The molecule has 0 aliphatic heterocycles. The lowest BCUT2D eigenvalue weighted by Gasteiger charge is -2.28. The maximum absolute atomic E-state index is 11.8. The lowest BCUT2D eigenvalue weighted by Crippen LogP contribution is -2.41. The summed E-state index contributed by atoms with van der Waals surface area (Å²) in [4.78, 5) is 21.4. The monoisotopic (exact) mass is 344 g/mol. The van der Waals surface area contributed by atoms with Crippen LogP contribution in [0.25, 0.3) is 0 Å². The predicted octanol–water partition coefficient (Wildman–Crippen LogP) is 3.14. The highest BCUT2D eigenvalue weighted by Gasteiger charge is 2.25. The Bertz CT molecular complexity index is 636. The fourth-order valence-electron chi connectivity index (χ4n) is 2.51. The van der Waals surface area contributed by atoms with E-state index in [1.807, 2.05) is 26.8 Å². The second-order valence-corrected chi connectivity index (χ2v) is 7.04. The quantitative estimate of drug-likeness (QED) is 0.668. The van der Waals surface area contributed by atoms with E-state index < -0.39 is 5.60 Å². The molecular formula is C18H24N4O3. The summed E-state index contributed by atoms with van der Waals surface area (Å²) in [6, 6.07) is 5.52. The molecule has 0 aromatic carbocycles. The number of hydrogen-bond donors (Lipinski definition) is 1. The molecule has 134 valence electrons. The minimum absolute atomic E-state index is 0.0336. The smallest absolute Gasteiger partial charge is 0.407 e. The molecule has 1 heterocycles. The van der Waals surface area contributed by atoms with Crippen LogP contribution in [-0.2, 0) is 9.57 Å². The van der Waals surface area contributed by atoms with Crippen LogP contribution in [0.2, 0.25) is 0 Å². The molecule has 0 unspecified atom stereocenters. The number of nitrogens with zero attached hydrogens (tertiary/aromatic N) is 3. The first kappa shape index (κ1) is 18.7. The Morgan fingerprint density at radius 3 is 2.64 bits per heavy atom. The molecule has 0 radical (unpaired) electrons. The Labute approximate surface area is 148 Å². The molecule has 0 bridgehead atoms. The molecule has 1 aliphatic rings. The number of amides is 1. The van der Waals surface area contributed by atoms with Gasteiger partial charge in [0.05, 0.1) is 17.5 Å². The third-order valence-electron chi connectivity index (χ3n) is 3.71. The zero-order valence-electron chi connectivity index (χ0n) is 14.9. The number of carbonyl (C=O) groups excluding carboxylic acids is 1. The molecule has 1 N–H and O–H groups in total. The SMILES string of the molecule is CC(C)(C)OC(=O)NC1CCC(ON=Cc2ccc(C#N)cn2)CC1. The van der Waals surface area contributed by atoms with Gasteiger partial charge in [-0.05, 0) is 58.6 Å². The lowest BCUT2D eigenvalue weighted by molar-refractivity contribution is 0.0220. The Balaban J connectivity index is 1.70. The van der Waals surface area contributed by atoms with Gasteiger partial charge in [0.25, 0.3) is 0 Å². The summed E-state index contributed by atoms with van der Waals surface area (Å²) in [5.74, 6) is 0. The van der Waals surface area contributed by atoms with E-state index in [1.54, 1.807) is 12.1 Å². The number of carbonyl (C=O) groups is 1. The average Bonchev–Trinajstić information content (AvgIpc) is 2.55. The molecule has 1 amide bonds. The van der Waals surface area contributed by atoms with Crippen LogP contribution in [0.1, 0.15) is 57.7 Å². The normalized spacial score (nSPS) is 20.7. The Kier molecular flexibility index (Phi) is 6.34. The molecule has 0 atom stereocenters. The van der Waals surface area contributed by atoms with Gasteiger partial charge in [0, 0.05) is 12.2 Å². The van der Waals surface area contributed by atoms with Crippen molar-refractivity contribution in [1.29, 1.82) is 5.26 Å². The van der Waals surface area contributed by atoms with Crippen LogP contribution in [0.5, 0.6) is 0 Å². The maximum atomic E-state index is 11.8. The predicted molar refractivity (Wildman–Crippen MR) is 93.0 cm³/mol. The molecule has 1 fully saturated rings. The fourth-order valence-corrected chi connectivity index (χ4v) is 2.51. The summed E-state index contributed by atoms with van der Waals surface area (Å²) in [7, 11) is 0. The number of nitriles is 1. The maximum Gasteiger partial charge on any atom is 0.407 e. The van der Waals surface area contributed by atoms with Gasteiger partial charge in [-0.1, -0.05) is 5.16 Å². The molecule has 7 heteroatoms. The number of alkyl carbamates (subject to hydrolysis) is 1. The summed E-state index contributed by atoms with van der Waals surface area (Å²) in [6.07, 6.45) is 5.98. The zero-order chi connectivity index (χ0) is 18.3. The Morgan fingerprint density at radius 1 is 1.36 bits per heavy atom. The summed E-state index contributed by atoms with van der Waals surface area (Å²) in [6.45, 7) is 5.54. The highest BCUT2D eigenvalue weighted by Crippen LogP contribution is 2.22. The van der Waals surface area contributed by atoms with Gasteiger partial charge < -0.3 is 14.9 Å². The number of nitrogens with one attached hydrogen (secondary N) is 1. The van der Waals surface area contributed by atoms with Crippen molar-refractivity contribution < 1.29 is 14.4 Å². The number of pyridine rings is 1. The van der Waals surface area contributed by atoms with Crippen LogP contribution < -0.4 is 5.32 Å². The van der Waals surface area contributed by atoms with E-state index in [0.29, 0.717) is 11.3 Å². The topological polar surface area (TPSA) is 96.6 Å². The largest absolute Gasteiger partial charge is 0.444 e. The van der Waals surface area contributed by atoms with Crippen molar-refractivity contribution in [3.05, 3.63) is 29.6 Å². The number of hydrogen-bond acceptors (Lipinski definition) is 6. The van der Waals surface area contributed by atoms with Crippen molar-refractivity contribution in [2.45, 2.75) is 64.2 Å². The first-order valence-corrected chi connectivity index (χ1v) is 8.40. The second-order valence-electron chi connectivity index (χ2n) is 7.04. The number of ether oxygens (including phenoxy) is 1. The zero-order valence-corrected chi connectivity index (χ0v) is 14.9. The number of rotatable bonds is 4. The average molecular weight is 344 g/mol. The lowest BCUT2D eigenvalue weighted by atomic mass is 9.93. The molecule has 0 spiro atoms. The molecular weight excluding hydrogens is 320 g/mol. The van der Waals surface area contributed by atoms with Gasteiger partial charge in [-0.2, -0.15) is 5.26 Å². The van der Waals surface area contributed by atoms with E-state index in [2.05, 4.69) is 15.5 Å². The third-order valence-corrected chi connectivity index (χ3v) is 3.71. The van der Waals surface area contributed by atoms with Crippen molar-refractivity contribution in [3.63, 3.8) is 0 Å². The van der Waals surface area contributed by atoms with Crippen LogP contribution >= 0.6 is 0 Å². The minimum Gasteiger partial charge on any atom is -0.444 e. The van der Waals surface area contributed by atoms with E-state index in [1.165, 1.54) is 12.4 Å². The van der Waals surface area contributed by atoms with Gasteiger partial charge in [0.1, 0.15) is 17.8 Å². The minimum atomic E-state index is -0.488. The van der Waals surface area contributed by atoms with Crippen molar-refractivity contribution in [2.75, 3.05) is 0 Å². The first-order valence-electron chi connectivity index (χ1n) is 8.40. The van der Waals surface area contributed by atoms with E-state index >= 15 is 0 Å². The van der Waals surface area contributed by atoms with E-state index in [0.717, 1.165) is 25.7 Å². The van der Waals surface area contributed by atoms with Gasteiger partial charge in [-0.15, -0.1) is 0 Å². The van der Waals surface area contributed by atoms with E-state index in [-0.39, 0.29) is 18.2 Å². The first-order chi connectivity index (χ1) is 11.9. The van der Waals surface area contributed by atoms with Crippen LogP contribution in [-0.4, -0.2) is 35.0 Å². The molecule has 1 aromatic heterocycles. The number of oxime groups is 1. The Morgan fingerprint density at radius 2 is 2.08 bits per heavy atom. The third kappa shape index (κ3) is 6.79. The summed E-state index contributed by atoms with van der Waals surface area (Å²) < 4.78 is 5.27. The fraction of sp³-hybridized carbons (Fsp3) is 0.556. The van der Waals surface area contributed by atoms with Gasteiger partial charge in [0.2, 0.25) is 0 Å². The number of aromatic nitrogens is 1. The highest BCUT2D eigenvalue weighted by molar-refractivity contribution is 5.76. The van der Waals surface area contributed by atoms with Gasteiger partial charge in [0.15, 0.2) is 0 Å². The Hall–Kier alpha value is -2.62. The molecule has 25 heavy (non-hydrogen) atoms. The molecule has 7 nitrogen and oxygen atoms in total. The van der Waals surface area contributed by atoms with Crippen LogP contribution in [0, 0.1) is 11.3 Å². The van der Waals surface area contributed by atoms with Crippen LogP contribution in [0.15, 0.2) is 23.5 Å². The summed E-state index contributed by atoms with van der Waals surface area (Å²) in [5, 5.41) is 15.6. The summed E-state index contributed by atoms with van der Waals surface area (Å²) in [5.41, 5.74) is 0.659. The van der Waals surface area contributed by atoms with Gasteiger partial charge in [-0.25, -0.2) is 4.79 Å². The van der Waals surface area contributed by atoms with Crippen LogP contribution in [0.3, 0.4) is 0 Å². The van der Waals surface area contributed by atoms with E-state index in [4.69, 9.17) is 14.8 Å². The van der Waals surface area contributed by atoms with Gasteiger partial charge in [-0.3, -0.25) is 4.98 Å².